The Balaban J connectivity index is 4.16. The summed E-state index contributed by atoms with van der Waals surface area (Å²) < 4.78 is 0. The van der Waals surface area contributed by atoms with E-state index in [4.69, 9.17) is 5.26 Å². The lowest BCUT2D eigenvalue weighted by Crippen LogP contribution is -1.83. The number of nitrogens with zero attached hydrogens (tertiary/aromatic N) is 1. The number of nitriles is 1. The van der Waals surface area contributed by atoms with Gasteiger partial charge in [-0.25, -0.2) is 0 Å². The first-order chi connectivity index (χ1) is 4.76. The van der Waals surface area contributed by atoms with Crippen LogP contribution in [-0.2, 0) is 0 Å². The summed E-state index contributed by atoms with van der Waals surface area (Å²) >= 11 is 0. The summed E-state index contributed by atoms with van der Waals surface area (Å²) in [7, 11) is 0. The third-order valence-electron chi connectivity index (χ3n) is 1.63. The Morgan fingerprint density at radius 2 is 2.00 bits per heavy atom. The molecule has 0 radical (unpaired) electrons. The minimum absolute atomic E-state index is 0.877. The molecule has 56 valence electrons. The van der Waals surface area contributed by atoms with E-state index in [1.54, 1.807) is 0 Å². The Bertz CT molecular complexity index is 160. The third kappa shape index (κ3) is 2.68. The average Bonchev–Trinajstić information content (AvgIpc) is 1.91. The molecule has 0 unspecified atom stereocenters. The third-order valence-corrected chi connectivity index (χ3v) is 1.63. The SMILES string of the molecule is CCC/C(C)=C(\C#N)CC. The van der Waals surface area contributed by atoms with E-state index in [0.717, 1.165) is 24.8 Å². The number of hydrogen-bond acceptors (Lipinski definition) is 1. The molecule has 0 bridgehead atoms. The van der Waals surface area contributed by atoms with Gasteiger partial charge in [0.1, 0.15) is 0 Å². The van der Waals surface area contributed by atoms with Crippen molar-refractivity contribution in [3.05, 3.63) is 11.1 Å². The minimum Gasteiger partial charge on any atom is -0.193 e. The van der Waals surface area contributed by atoms with Crippen molar-refractivity contribution in [2.75, 3.05) is 0 Å². The number of rotatable bonds is 3. The molecule has 0 aromatic heterocycles. The van der Waals surface area contributed by atoms with Crippen molar-refractivity contribution in [3.8, 4) is 6.07 Å². The Morgan fingerprint density at radius 1 is 1.40 bits per heavy atom. The maximum absolute atomic E-state index is 8.62. The summed E-state index contributed by atoms with van der Waals surface area (Å²) in [5, 5.41) is 8.62. The maximum atomic E-state index is 8.62. The maximum Gasteiger partial charge on any atom is 0.0946 e. The zero-order valence-corrected chi connectivity index (χ0v) is 7.07. The highest BCUT2D eigenvalue weighted by Crippen LogP contribution is 2.11. The summed E-state index contributed by atoms with van der Waals surface area (Å²) in [5.74, 6) is 0. The van der Waals surface area contributed by atoms with Crippen LogP contribution < -0.4 is 0 Å². The normalized spacial score (nSPS) is 12.2. The van der Waals surface area contributed by atoms with Crippen molar-refractivity contribution in [1.29, 1.82) is 5.26 Å². The van der Waals surface area contributed by atoms with E-state index >= 15 is 0 Å². The Morgan fingerprint density at radius 3 is 2.30 bits per heavy atom. The van der Waals surface area contributed by atoms with Gasteiger partial charge in [-0.05, 0) is 19.8 Å². The van der Waals surface area contributed by atoms with Crippen LogP contribution in [0, 0.1) is 11.3 Å². The van der Waals surface area contributed by atoms with Crippen LogP contribution in [0.3, 0.4) is 0 Å². The Kier molecular flexibility index (Phi) is 4.66. The zero-order chi connectivity index (χ0) is 7.98. The van der Waals surface area contributed by atoms with Gasteiger partial charge in [0, 0.05) is 5.57 Å². The van der Waals surface area contributed by atoms with Crippen LogP contribution in [0.5, 0.6) is 0 Å². The summed E-state index contributed by atoms with van der Waals surface area (Å²) in [4.78, 5) is 0. The highest BCUT2D eigenvalue weighted by molar-refractivity contribution is 5.25. The Hall–Kier alpha value is -0.770. The molecule has 0 amide bonds. The summed E-state index contributed by atoms with van der Waals surface area (Å²) in [6, 6.07) is 2.22. The molecule has 1 nitrogen and oxygen atoms in total. The highest BCUT2D eigenvalue weighted by Gasteiger charge is 1.96. The summed E-state index contributed by atoms with van der Waals surface area (Å²) in [6.45, 7) is 6.21. The van der Waals surface area contributed by atoms with Gasteiger partial charge in [-0.2, -0.15) is 5.26 Å². The second-order valence-electron chi connectivity index (χ2n) is 2.47. The molecular weight excluding hydrogens is 122 g/mol. The second-order valence-corrected chi connectivity index (χ2v) is 2.47. The number of allylic oxidation sites excluding steroid dienone is 2. The van der Waals surface area contributed by atoms with E-state index in [0.29, 0.717) is 0 Å². The lowest BCUT2D eigenvalue weighted by molar-refractivity contribution is 0.885. The van der Waals surface area contributed by atoms with Gasteiger partial charge in [0.25, 0.3) is 0 Å². The molecule has 0 aliphatic heterocycles. The van der Waals surface area contributed by atoms with Gasteiger partial charge in [-0.3, -0.25) is 0 Å². The molecule has 0 aliphatic carbocycles. The van der Waals surface area contributed by atoms with Crippen LogP contribution in [0.1, 0.15) is 40.0 Å². The van der Waals surface area contributed by atoms with Crippen LogP contribution in [0.4, 0.5) is 0 Å². The summed E-state index contributed by atoms with van der Waals surface area (Å²) in [5.41, 5.74) is 2.22. The molecule has 0 aromatic carbocycles. The van der Waals surface area contributed by atoms with Gasteiger partial charge in [-0.15, -0.1) is 0 Å². The van der Waals surface area contributed by atoms with Gasteiger partial charge in [0.05, 0.1) is 6.07 Å². The quantitative estimate of drug-likeness (QED) is 0.548. The van der Waals surface area contributed by atoms with Crippen LogP contribution >= 0.6 is 0 Å². The van der Waals surface area contributed by atoms with E-state index in [9.17, 15) is 0 Å². The van der Waals surface area contributed by atoms with E-state index in [-0.39, 0.29) is 0 Å². The predicted molar refractivity (Wildman–Crippen MR) is 43.5 cm³/mol. The minimum atomic E-state index is 0.877. The van der Waals surface area contributed by atoms with Crippen LogP contribution in [-0.4, -0.2) is 0 Å². The van der Waals surface area contributed by atoms with E-state index in [1.165, 1.54) is 5.57 Å². The van der Waals surface area contributed by atoms with E-state index in [1.807, 2.05) is 13.8 Å². The van der Waals surface area contributed by atoms with Crippen LogP contribution in [0.15, 0.2) is 11.1 Å². The smallest absolute Gasteiger partial charge is 0.0946 e. The molecule has 0 heterocycles. The van der Waals surface area contributed by atoms with Gasteiger partial charge in [-0.1, -0.05) is 25.8 Å². The molecule has 0 atom stereocenters. The molecule has 0 fully saturated rings. The fraction of sp³-hybridized carbons (Fsp3) is 0.667. The topological polar surface area (TPSA) is 23.8 Å². The van der Waals surface area contributed by atoms with Crippen LogP contribution in [0.2, 0.25) is 0 Å². The molecular formula is C9H15N. The standard InChI is InChI=1S/C9H15N/c1-4-6-8(3)9(5-2)7-10/h4-6H2,1-3H3/b9-8-. The fourth-order valence-electron chi connectivity index (χ4n) is 1.00. The monoisotopic (exact) mass is 137 g/mol. The molecule has 0 saturated carbocycles. The first-order valence-corrected chi connectivity index (χ1v) is 3.84. The van der Waals surface area contributed by atoms with Gasteiger partial charge < -0.3 is 0 Å². The first-order valence-electron chi connectivity index (χ1n) is 3.84. The zero-order valence-electron chi connectivity index (χ0n) is 7.07. The molecule has 0 saturated heterocycles. The molecule has 0 aliphatic rings. The van der Waals surface area contributed by atoms with Crippen molar-refractivity contribution in [2.45, 2.75) is 40.0 Å². The lowest BCUT2D eigenvalue weighted by atomic mass is 10.0. The molecule has 0 rings (SSSR count). The highest BCUT2D eigenvalue weighted by atomic mass is 14.2. The molecule has 1 heteroatoms. The number of hydrogen-bond donors (Lipinski definition) is 0. The lowest BCUT2D eigenvalue weighted by Gasteiger charge is -1.99. The van der Waals surface area contributed by atoms with E-state index in [2.05, 4.69) is 13.0 Å². The van der Waals surface area contributed by atoms with Gasteiger partial charge in [0.2, 0.25) is 0 Å². The van der Waals surface area contributed by atoms with Crippen LogP contribution in [0.25, 0.3) is 0 Å². The van der Waals surface area contributed by atoms with Crippen molar-refractivity contribution in [3.63, 3.8) is 0 Å². The first kappa shape index (κ1) is 9.23. The largest absolute Gasteiger partial charge is 0.193 e. The summed E-state index contributed by atoms with van der Waals surface area (Å²) in [6.07, 6.45) is 3.08. The van der Waals surface area contributed by atoms with Crippen molar-refractivity contribution in [1.82, 2.24) is 0 Å². The molecule has 10 heavy (non-hydrogen) atoms. The average molecular weight is 137 g/mol. The molecule has 0 spiro atoms. The Labute approximate surface area is 63.4 Å². The predicted octanol–water partition coefficient (Wildman–Crippen LogP) is 3.04. The molecule has 0 N–H and O–H groups in total. The van der Waals surface area contributed by atoms with Gasteiger partial charge >= 0.3 is 0 Å². The van der Waals surface area contributed by atoms with E-state index < -0.39 is 0 Å². The van der Waals surface area contributed by atoms with Gasteiger partial charge in [0.15, 0.2) is 0 Å². The van der Waals surface area contributed by atoms with Crippen molar-refractivity contribution >= 4 is 0 Å². The fourth-order valence-corrected chi connectivity index (χ4v) is 1.00. The van der Waals surface area contributed by atoms with Crippen molar-refractivity contribution < 1.29 is 0 Å². The van der Waals surface area contributed by atoms with Crippen molar-refractivity contribution in [2.24, 2.45) is 0 Å². The molecule has 0 aromatic rings. The second kappa shape index (κ2) is 5.05.